The first-order valence-corrected chi connectivity index (χ1v) is 11.3. The first-order valence-electron chi connectivity index (χ1n) is 11.3. The van der Waals surface area contributed by atoms with E-state index in [1.54, 1.807) is 12.1 Å². The lowest BCUT2D eigenvalue weighted by molar-refractivity contribution is -0.384. The molecule has 2 rings (SSSR count). The summed E-state index contributed by atoms with van der Waals surface area (Å²) in [5.74, 6) is -1.04. The molecule has 2 amide bonds. The molecule has 2 aromatic rings. The Balaban J connectivity index is 2.16. The van der Waals surface area contributed by atoms with Gasteiger partial charge in [-0.15, -0.1) is 0 Å². The van der Waals surface area contributed by atoms with Gasteiger partial charge in [0.05, 0.1) is 19.1 Å². The van der Waals surface area contributed by atoms with Crippen LogP contribution in [0.4, 0.5) is 10.5 Å². The molecule has 0 bridgehead atoms. The van der Waals surface area contributed by atoms with Crippen molar-refractivity contribution in [3.05, 3.63) is 69.8 Å². The molecule has 0 aliphatic carbocycles. The molecule has 0 saturated carbocycles. The summed E-state index contributed by atoms with van der Waals surface area (Å²) < 4.78 is 15.3. The number of benzene rings is 2. The Morgan fingerprint density at radius 3 is 2.28 bits per heavy atom. The summed E-state index contributed by atoms with van der Waals surface area (Å²) in [4.78, 5) is 48.6. The molecule has 0 aromatic heterocycles. The van der Waals surface area contributed by atoms with Gasteiger partial charge >= 0.3 is 12.1 Å². The molecule has 36 heavy (non-hydrogen) atoms. The fraction of sp³-hybridized carbons (Fsp3) is 0.400. The van der Waals surface area contributed by atoms with E-state index in [1.165, 1.54) is 25.3 Å². The maximum absolute atomic E-state index is 13.1. The lowest BCUT2D eigenvalue weighted by Crippen LogP contribution is -2.53. The monoisotopic (exact) mass is 501 g/mol. The number of non-ortho nitro benzene ring substituents is 1. The van der Waals surface area contributed by atoms with E-state index >= 15 is 0 Å². The molecule has 0 radical (unpaired) electrons. The van der Waals surface area contributed by atoms with Gasteiger partial charge in [0.1, 0.15) is 24.4 Å². The zero-order chi connectivity index (χ0) is 26.7. The zero-order valence-electron chi connectivity index (χ0n) is 20.7. The van der Waals surface area contributed by atoms with Crippen LogP contribution in [0.15, 0.2) is 48.5 Å². The van der Waals surface area contributed by atoms with Gasteiger partial charge in [-0.3, -0.25) is 14.9 Å². The molecule has 0 saturated heterocycles. The summed E-state index contributed by atoms with van der Waals surface area (Å²) in [6.45, 7) is 3.78. The third kappa shape index (κ3) is 8.57. The van der Waals surface area contributed by atoms with Crippen LogP contribution in [0.2, 0.25) is 0 Å². The fourth-order valence-electron chi connectivity index (χ4n) is 3.48. The molecule has 11 nitrogen and oxygen atoms in total. The number of esters is 1. The maximum Gasteiger partial charge on any atom is 0.408 e. The van der Waals surface area contributed by atoms with Gasteiger partial charge in [0, 0.05) is 24.1 Å². The molecule has 0 aliphatic rings. The van der Waals surface area contributed by atoms with E-state index in [1.807, 2.05) is 32.0 Å². The van der Waals surface area contributed by atoms with Crippen LogP contribution in [0.3, 0.4) is 0 Å². The summed E-state index contributed by atoms with van der Waals surface area (Å²) in [5.41, 5.74) is 0.925. The summed E-state index contributed by atoms with van der Waals surface area (Å²) >= 11 is 0. The molecule has 2 aromatic carbocycles. The quantitative estimate of drug-likeness (QED) is 0.256. The van der Waals surface area contributed by atoms with Crippen LogP contribution in [0.5, 0.6) is 5.75 Å². The molecule has 0 aliphatic heterocycles. The van der Waals surface area contributed by atoms with Gasteiger partial charge in [0.25, 0.3) is 5.69 Å². The second kappa shape index (κ2) is 13.7. The number of rotatable bonds is 12. The van der Waals surface area contributed by atoms with Crippen molar-refractivity contribution in [2.45, 2.75) is 45.4 Å². The predicted molar refractivity (Wildman–Crippen MR) is 130 cm³/mol. The lowest BCUT2D eigenvalue weighted by Gasteiger charge is -2.23. The molecule has 0 unspecified atom stereocenters. The van der Waals surface area contributed by atoms with Crippen LogP contribution in [-0.2, 0) is 32.1 Å². The number of methoxy groups -OCH3 is 2. The van der Waals surface area contributed by atoms with Gasteiger partial charge < -0.3 is 24.8 Å². The van der Waals surface area contributed by atoms with E-state index in [4.69, 9.17) is 14.2 Å². The molecular weight excluding hydrogens is 470 g/mol. The Hall–Kier alpha value is -4.15. The molecule has 11 heteroatoms. The maximum atomic E-state index is 13.1. The minimum absolute atomic E-state index is 0.0278. The summed E-state index contributed by atoms with van der Waals surface area (Å²) in [5, 5.41) is 16.3. The van der Waals surface area contributed by atoms with Crippen molar-refractivity contribution in [1.82, 2.24) is 10.6 Å². The molecule has 2 atom stereocenters. The van der Waals surface area contributed by atoms with Crippen LogP contribution in [0.1, 0.15) is 31.4 Å². The van der Waals surface area contributed by atoms with E-state index in [9.17, 15) is 24.5 Å². The van der Waals surface area contributed by atoms with Crippen LogP contribution in [0.25, 0.3) is 0 Å². The highest BCUT2D eigenvalue weighted by Gasteiger charge is 2.29. The van der Waals surface area contributed by atoms with Crippen LogP contribution < -0.4 is 15.4 Å². The average molecular weight is 502 g/mol. The Labute approximate surface area is 209 Å². The molecular formula is C25H31N3O8. The van der Waals surface area contributed by atoms with E-state index in [-0.39, 0.29) is 31.1 Å². The van der Waals surface area contributed by atoms with E-state index < -0.39 is 35.0 Å². The molecule has 194 valence electrons. The first kappa shape index (κ1) is 28.1. The van der Waals surface area contributed by atoms with Gasteiger partial charge in [0.2, 0.25) is 5.91 Å². The number of nitrogens with one attached hydrogen (secondary N) is 2. The third-order valence-corrected chi connectivity index (χ3v) is 5.23. The van der Waals surface area contributed by atoms with Crippen molar-refractivity contribution in [3.8, 4) is 5.75 Å². The van der Waals surface area contributed by atoms with E-state index in [0.717, 1.165) is 12.7 Å². The third-order valence-electron chi connectivity index (χ3n) is 5.23. The highest BCUT2D eigenvalue weighted by atomic mass is 16.6. The number of ether oxygens (including phenoxy) is 3. The fourth-order valence-corrected chi connectivity index (χ4v) is 3.48. The topological polar surface area (TPSA) is 146 Å². The Morgan fingerprint density at radius 1 is 1.00 bits per heavy atom. The Kier molecular flexibility index (Phi) is 10.7. The molecule has 0 spiro atoms. The van der Waals surface area contributed by atoms with Crippen LogP contribution in [-0.4, -0.2) is 49.2 Å². The van der Waals surface area contributed by atoms with Gasteiger partial charge in [0.15, 0.2) is 0 Å². The summed E-state index contributed by atoms with van der Waals surface area (Å²) in [6.07, 6.45) is -0.634. The number of amides is 2. The second-order valence-electron chi connectivity index (χ2n) is 8.43. The van der Waals surface area contributed by atoms with Crippen molar-refractivity contribution in [2.24, 2.45) is 5.92 Å². The highest BCUT2D eigenvalue weighted by Crippen LogP contribution is 2.25. The highest BCUT2D eigenvalue weighted by molar-refractivity contribution is 5.89. The number of nitro benzene ring substituents is 1. The van der Waals surface area contributed by atoms with Gasteiger partial charge in [-0.2, -0.15) is 0 Å². The Morgan fingerprint density at radius 2 is 1.69 bits per heavy atom. The second-order valence-corrected chi connectivity index (χ2v) is 8.43. The SMILES string of the molecule is COC(=O)[C@@H](Cc1cc([N+](=O)[O-])ccc1OC)NC(=O)[C@H](CC(C)C)NC(=O)OCc1ccccc1. The zero-order valence-corrected chi connectivity index (χ0v) is 20.7. The number of nitrogens with zero attached hydrogens (tertiary/aromatic N) is 1. The molecule has 0 fully saturated rings. The summed E-state index contributed by atoms with van der Waals surface area (Å²) in [6, 6.07) is 10.8. The van der Waals surface area contributed by atoms with Crippen molar-refractivity contribution in [2.75, 3.05) is 14.2 Å². The van der Waals surface area contributed by atoms with Gasteiger partial charge in [-0.25, -0.2) is 9.59 Å². The number of carbonyl (C=O) groups is 3. The smallest absolute Gasteiger partial charge is 0.408 e. The van der Waals surface area contributed by atoms with Gasteiger partial charge in [-0.05, 0) is 24.0 Å². The number of carbonyl (C=O) groups excluding carboxylic acids is 3. The van der Waals surface area contributed by atoms with Crippen molar-refractivity contribution >= 4 is 23.7 Å². The number of hydrogen-bond donors (Lipinski definition) is 2. The van der Waals surface area contributed by atoms with E-state index in [2.05, 4.69) is 10.6 Å². The summed E-state index contributed by atoms with van der Waals surface area (Å²) in [7, 11) is 2.55. The van der Waals surface area contributed by atoms with Gasteiger partial charge in [-0.1, -0.05) is 44.2 Å². The van der Waals surface area contributed by atoms with Crippen LogP contribution in [0, 0.1) is 16.0 Å². The van der Waals surface area contributed by atoms with Crippen molar-refractivity contribution < 1.29 is 33.5 Å². The standard InChI is InChI=1S/C25H31N3O8/c1-16(2)12-20(27-25(31)36-15-17-8-6-5-7-9-17)23(29)26-21(24(30)35-4)14-18-13-19(28(32)33)10-11-22(18)34-3/h5-11,13,16,20-21H,12,14-15H2,1-4H3,(H,26,29)(H,27,31)/t20-,21+/m0/s1. The number of nitro groups is 1. The van der Waals surface area contributed by atoms with Crippen LogP contribution >= 0.6 is 0 Å². The normalized spacial score (nSPS) is 12.2. The average Bonchev–Trinajstić information content (AvgIpc) is 2.86. The van der Waals surface area contributed by atoms with Crippen molar-refractivity contribution in [1.29, 1.82) is 0 Å². The first-order chi connectivity index (χ1) is 17.1. The van der Waals surface area contributed by atoms with E-state index in [0.29, 0.717) is 11.3 Å². The number of alkyl carbamates (subject to hydrolysis) is 1. The minimum atomic E-state index is -1.18. The minimum Gasteiger partial charge on any atom is -0.496 e. The van der Waals surface area contributed by atoms with Crippen molar-refractivity contribution in [3.63, 3.8) is 0 Å². The molecule has 2 N–H and O–H groups in total. The molecule has 0 heterocycles. The Bertz CT molecular complexity index is 1060. The predicted octanol–water partition coefficient (Wildman–Crippen LogP) is 3.14. The number of hydrogen-bond acceptors (Lipinski definition) is 8. The lowest BCUT2D eigenvalue weighted by atomic mass is 10.0. The largest absolute Gasteiger partial charge is 0.496 e.